The van der Waals surface area contributed by atoms with Crippen molar-refractivity contribution in [2.75, 3.05) is 13.2 Å². The van der Waals surface area contributed by atoms with Crippen molar-refractivity contribution in [1.82, 2.24) is 0 Å². The zero-order chi connectivity index (χ0) is 7.78. The lowest BCUT2D eigenvalue weighted by Crippen LogP contribution is -2.55. The van der Waals surface area contributed by atoms with Crippen LogP contribution in [-0.4, -0.2) is 36.0 Å². The van der Waals surface area contributed by atoms with Gasteiger partial charge in [0.15, 0.2) is 11.7 Å². The van der Waals surface area contributed by atoms with E-state index in [0.717, 1.165) is 0 Å². The fraction of sp³-hybridized carbons (Fsp3) is 0.800. The Balaban J connectivity index is 2.75. The first kappa shape index (κ1) is 7.43. The highest BCUT2D eigenvalue weighted by Crippen LogP contribution is 2.19. The molecular weight excluding hydrogens is 141 g/mol. The zero-order valence-electron chi connectivity index (χ0n) is 5.21. The van der Waals surface area contributed by atoms with Crippen LogP contribution in [0, 0.1) is 0 Å². The predicted molar refractivity (Wildman–Crippen MR) is 30.3 cm³/mol. The molecular formula is C5H8FNO3. The van der Waals surface area contributed by atoms with Gasteiger partial charge in [0.1, 0.15) is 0 Å². The van der Waals surface area contributed by atoms with Gasteiger partial charge in [0.2, 0.25) is 0 Å². The number of rotatable bonds is 1. The van der Waals surface area contributed by atoms with E-state index in [1.165, 1.54) is 0 Å². The molecule has 0 amide bonds. The largest absolute Gasteiger partial charge is 0.480 e. The van der Waals surface area contributed by atoms with E-state index in [1.54, 1.807) is 0 Å². The maximum atomic E-state index is 12.6. The molecule has 0 bridgehead atoms. The van der Waals surface area contributed by atoms with Crippen molar-refractivity contribution in [3.8, 4) is 0 Å². The van der Waals surface area contributed by atoms with Crippen molar-refractivity contribution in [3.05, 3.63) is 0 Å². The Bertz CT molecular complexity index is 163. The number of carboxylic acid groups (broad SMARTS) is 1. The van der Waals surface area contributed by atoms with Crippen molar-refractivity contribution in [1.29, 1.82) is 0 Å². The highest BCUT2D eigenvalue weighted by molar-refractivity contribution is 5.80. The Morgan fingerprint density at radius 2 is 2.50 bits per heavy atom. The van der Waals surface area contributed by atoms with E-state index in [9.17, 15) is 9.18 Å². The van der Waals surface area contributed by atoms with E-state index in [2.05, 4.69) is 4.74 Å². The second-order valence-corrected chi connectivity index (χ2v) is 2.33. The van der Waals surface area contributed by atoms with Crippen LogP contribution in [0.1, 0.15) is 0 Å². The standard InChI is InChI=1S/C5H8FNO3/c6-3-1-10-2-5(3,7)4(8)9/h3H,1-2,7H2,(H,8,9)/t3-,5-/m0/s1. The third-order valence-corrected chi connectivity index (χ3v) is 1.56. The Kier molecular flexibility index (Phi) is 1.61. The molecule has 1 saturated heterocycles. The number of carboxylic acids is 1. The average Bonchev–Trinajstić information content (AvgIpc) is 2.15. The minimum atomic E-state index is -1.82. The van der Waals surface area contributed by atoms with Crippen LogP contribution < -0.4 is 5.73 Å². The number of hydrogen-bond donors (Lipinski definition) is 2. The van der Waals surface area contributed by atoms with Gasteiger partial charge in [0.25, 0.3) is 0 Å². The minimum absolute atomic E-state index is 0.219. The molecule has 0 radical (unpaired) electrons. The van der Waals surface area contributed by atoms with E-state index in [4.69, 9.17) is 10.8 Å². The molecule has 4 nitrogen and oxygen atoms in total. The third-order valence-electron chi connectivity index (χ3n) is 1.56. The van der Waals surface area contributed by atoms with Gasteiger partial charge >= 0.3 is 5.97 Å². The summed E-state index contributed by atoms with van der Waals surface area (Å²) >= 11 is 0. The minimum Gasteiger partial charge on any atom is -0.480 e. The lowest BCUT2D eigenvalue weighted by Gasteiger charge is -2.17. The van der Waals surface area contributed by atoms with Crippen LogP contribution in [0.3, 0.4) is 0 Å². The molecule has 2 atom stereocenters. The summed E-state index contributed by atoms with van der Waals surface area (Å²) in [6, 6.07) is 0. The zero-order valence-corrected chi connectivity index (χ0v) is 5.21. The Morgan fingerprint density at radius 3 is 2.70 bits per heavy atom. The summed E-state index contributed by atoms with van der Waals surface area (Å²) in [4.78, 5) is 10.3. The number of nitrogens with two attached hydrogens (primary N) is 1. The molecule has 1 aliphatic rings. The lowest BCUT2D eigenvalue weighted by molar-refractivity contribution is -0.144. The first-order chi connectivity index (χ1) is 4.57. The first-order valence-electron chi connectivity index (χ1n) is 2.81. The summed E-state index contributed by atoms with van der Waals surface area (Å²) in [5.74, 6) is -1.35. The van der Waals surface area contributed by atoms with Crippen LogP contribution in [-0.2, 0) is 9.53 Å². The molecule has 1 aliphatic heterocycles. The van der Waals surface area contributed by atoms with E-state index in [-0.39, 0.29) is 13.2 Å². The summed E-state index contributed by atoms with van der Waals surface area (Å²) in [5, 5.41) is 8.40. The Hall–Kier alpha value is -0.680. The second-order valence-electron chi connectivity index (χ2n) is 2.33. The van der Waals surface area contributed by atoms with Crippen LogP contribution in [0.4, 0.5) is 4.39 Å². The lowest BCUT2D eigenvalue weighted by atomic mass is 9.99. The first-order valence-corrected chi connectivity index (χ1v) is 2.81. The molecule has 58 valence electrons. The van der Waals surface area contributed by atoms with Crippen molar-refractivity contribution >= 4 is 5.97 Å². The predicted octanol–water partition coefficient (Wildman–Crippen LogP) is -0.863. The van der Waals surface area contributed by atoms with Gasteiger partial charge in [-0.25, -0.2) is 4.39 Å². The maximum absolute atomic E-state index is 12.6. The molecule has 0 aliphatic carbocycles. The average molecular weight is 149 g/mol. The monoisotopic (exact) mass is 149 g/mol. The van der Waals surface area contributed by atoms with Gasteiger partial charge in [0.05, 0.1) is 13.2 Å². The normalized spacial score (nSPS) is 40.0. The molecule has 5 heteroatoms. The molecule has 0 saturated carbocycles. The molecule has 0 aromatic heterocycles. The highest BCUT2D eigenvalue weighted by Gasteiger charge is 2.48. The molecule has 1 fully saturated rings. The molecule has 1 heterocycles. The van der Waals surface area contributed by atoms with Gasteiger partial charge in [-0.3, -0.25) is 4.79 Å². The van der Waals surface area contributed by atoms with Crippen molar-refractivity contribution in [3.63, 3.8) is 0 Å². The summed E-state index contributed by atoms with van der Waals surface area (Å²) in [5.41, 5.74) is 3.33. The molecule has 3 N–H and O–H groups in total. The topological polar surface area (TPSA) is 72.6 Å². The Morgan fingerprint density at radius 1 is 1.90 bits per heavy atom. The van der Waals surface area contributed by atoms with Gasteiger partial charge < -0.3 is 15.6 Å². The molecule has 10 heavy (non-hydrogen) atoms. The number of aliphatic carboxylic acids is 1. The number of ether oxygens (including phenoxy) is 1. The number of alkyl halides is 1. The number of halogens is 1. The van der Waals surface area contributed by atoms with Crippen molar-refractivity contribution in [2.24, 2.45) is 5.73 Å². The number of carbonyl (C=O) groups is 1. The third kappa shape index (κ3) is 0.871. The summed E-state index contributed by atoms with van der Waals surface area (Å²) < 4.78 is 17.1. The van der Waals surface area contributed by atoms with Crippen molar-refractivity contribution < 1.29 is 19.0 Å². The van der Waals surface area contributed by atoms with Crippen LogP contribution >= 0.6 is 0 Å². The second kappa shape index (κ2) is 2.17. The van der Waals surface area contributed by atoms with E-state index >= 15 is 0 Å². The van der Waals surface area contributed by atoms with E-state index < -0.39 is 17.7 Å². The van der Waals surface area contributed by atoms with Gasteiger partial charge in [-0.1, -0.05) is 0 Å². The van der Waals surface area contributed by atoms with Crippen LogP contribution in [0.15, 0.2) is 0 Å². The fourth-order valence-electron chi connectivity index (χ4n) is 0.766. The Labute approximate surface area is 56.8 Å². The van der Waals surface area contributed by atoms with Gasteiger partial charge in [-0.2, -0.15) is 0 Å². The van der Waals surface area contributed by atoms with Crippen LogP contribution in [0.5, 0.6) is 0 Å². The molecule has 0 unspecified atom stereocenters. The molecule has 0 spiro atoms. The van der Waals surface area contributed by atoms with Gasteiger partial charge in [0, 0.05) is 0 Å². The van der Waals surface area contributed by atoms with Crippen molar-refractivity contribution in [2.45, 2.75) is 11.7 Å². The number of hydrogen-bond acceptors (Lipinski definition) is 3. The fourth-order valence-corrected chi connectivity index (χ4v) is 0.766. The van der Waals surface area contributed by atoms with Gasteiger partial charge in [-0.15, -0.1) is 0 Å². The SMILES string of the molecule is N[C@@]1(C(=O)O)COC[C@@H]1F. The molecule has 0 aromatic carbocycles. The summed E-state index contributed by atoms with van der Waals surface area (Å²) in [7, 11) is 0. The smallest absolute Gasteiger partial charge is 0.329 e. The molecule has 1 rings (SSSR count). The quantitative estimate of drug-likeness (QED) is 0.508. The molecule has 0 aromatic rings. The van der Waals surface area contributed by atoms with E-state index in [0.29, 0.717) is 0 Å². The van der Waals surface area contributed by atoms with Crippen LogP contribution in [0.2, 0.25) is 0 Å². The van der Waals surface area contributed by atoms with E-state index in [1.807, 2.05) is 0 Å². The maximum Gasteiger partial charge on any atom is 0.329 e. The van der Waals surface area contributed by atoms with Crippen LogP contribution in [0.25, 0.3) is 0 Å². The highest BCUT2D eigenvalue weighted by atomic mass is 19.1. The summed E-state index contributed by atoms with van der Waals surface area (Å²) in [6.45, 7) is -0.466. The van der Waals surface area contributed by atoms with Gasteiger partial charge in [-0.05, 0) is 0 Å². The summed E-state index contributed by atoms with van der Waals surface area (Å²) in [6.07, 6.45) is -1.59.